The quantitative estimate of drug-likeness (QED) is 0.0420. The van der Waals surface area contributed by atoms with Crippen molar-refractivity contribution in [3.63, 3.8) is 0 Å². The molecule has 0 spiro atoms. The van der Waals surface area contributed by atoms with Crippen molar-refractivity contribution in [1.82, 2.24) is 5.32 Å². The number of hydrogen-bond acceptors (Lipinski definition) is 3. The molecule has 68 heavy (non-hydrogen) atoms. The Morgan fingerprint density at radius 3 is 0.956 bits per heavy atom. The second kappa shape index (κ2) is 57.8. The zero-order valence-corrected chi connectivity index (χ0v) is 44.3. The van der Waals surface area contributed by atoms with Gasteiger partial charge in [-0.25, -0.2) is 0 Å². The van der Waals surface area contributed by atoms with Gasteiger partial charge in [0.05, 0.1) is 18.8 Å². The summed E-state index contributed by atoms with van der Waals surface area (Å²) in [6.07, 6.45) is 90.0. The molecule has 3 N–H and O–H groups in total. The van der Waals surface area contributed by atoms with Crippen molar-refractivity contribution in [2.75, 3.05) is 6.61 Å². The second-order valence-electron chi connectivity index (χ2n) is 18.6. The third kappa shape index (κ3) is 53.5. The van der Waals surface area contributed by atoms with Gasteiger partial charge in [0.2, 0.25) is 5.91 Å². The molecule has 0 aromatic heterocycles. The molecule has 0 saturated heterocycles. The predicted molar refractivity (Wildman–Crippen MR) is 303 cm³/mol. The van der Waals surface area contributed by atoms with Gasteiger partial charge in [0.15, 0.2) is 0 Å². The molecular formula is C64H107NO3. The summed E-state index contributed by atoms with van der Waals surface area (Å²) < 4.78 is 0. The van der Waals surface area contributed by atoms with Gasteiger partial charge in [-0.1, -0.05) is 276 Å². The lowest BCUT2D eigenvalue weighted by Gasteiger charge is -2.22. The fraction of sp³-hybridized carbons (Fsp3) is 0.641. The van der Waals surface area contributed by atoms with Crippen LogP contribution in [0.2, 0.25) is 0 Å². The van der Waals surface area contributed by atoms with Crippen LogP contribution in [0.25, 0.3) is 0 Å². The SMILES string of the molecule is CC/C=C\C/C=C\C/C=C\C/C=C\C/C=C\C/C=C\C/C=C\C/C=C\C/C=C\C/C=C\C/C=C\CCCCCC(=O)NC(CO)C(O)CCCCCCCCCCCCCCCCCCCCC. The van der Waals surface area contributed by atoms with E-state index in [9.17, 15) is 15.0 Å². The van der Waals surface area contributed by atoms with Crippen LogP contribution in [0.5, 0.6) is 0 Å². The van der Waals surface area contributed by atoms with Crippen molar-refractivity contribution >= 4 is 5.91 Å². The monoisotopic (exact) mass is 938 g/mol. The summed E-state index contributed by atoms with van der Waals surface area (Å²) in [5, 5.41) is 23.3. The van der Waals surface area contributed by atoms with Gasteiger partial charge in [-0.05, 0) is 96.3 Å². The number of nitrogens with one attached hydrogen (secondary N) is 1. The minimum absolute atomic E-state index is 0.0671. The van der Waals surface area contributed by atoms with Gasteiger partial charge in [0, 0.05) is 6.42 Å². The van der Waals surface area contributed by atoms with E-state index in [0.717, 1.165) is 109 Å². The number of hydrogen-bond donors (Lipinski definition) is 3. The Balaban J connectivity index is 3.67. The zero-order valence-electron chi connectivity index (χ0n) is 44.3. The average molecular weight is 939 g/mol. The highest BCUT2D eigenvalue weighted by Crippen LogP contribution is 2.16. The lowest BCUT2D eigenvalue weighted by Crippen LogP contribution is -2.45. The molecule has 0 aliphatic heterocycles. The van der Waals surface area contributed by atoms with Crippen molar-refractivity contribution in [3.05, 3.63) is 134 Å². The van der Waals surface area contributed by atoms with Gasteiger partial charge in [-0.3, -0.25) is 4.79 Å². The van der Waals surface area contributed by atoms with Gasteiger partial charge in [0.1, 0.15) is 0 Å². The van der Waals surface area contributed by atoms with Crippen molar-refractivity contribution < 1.29 is 15.0 Å². The van der Waals surface area contributed by atoms with Gasteiger partial charge in [-0.2, -0.15) is 0 Å². The molecule has 0 rings (SSSR count). The first-order valence-electron chi connectivity index (χ1n) is 28.4. The molecule has 0 aromatic carbocycles. The predicted octanol–water partition coefficient (Wildman–Crippen LogP) is 19.0. The van der Waals surface area contributed by atoms with E-state index in [4.69, 9.17) is 0 Å². The van der Waals surface area contributed by atoms with Crippen molar-refractivity contribution in [1.29, 1.82) is 0 Å². The van der Waals surface area contributed by atoms with E-state index < -0.39 is 12.1 Å². The van der Waals surface area contributed by atoms with Crippen LogP contribution in [0.15, 0.2) is 134 Å². The molecule has 0 aliphatic carbocycles. The van der Waals surface area contributed by atoms with Crippen LogP contribution in [0, 0.1) is 0 Å². The molecule has 0 heterocycles. The Kier molecular flexibility index (Phi) is 54.9. The standard InChI is InChI=1S/C64H107NO3/c1-3-5-7-9-11-13-15-17-19-21-23-24-25-26-27-28-29-30-31-32-33-34-35-36-37-38-39-40-42-44-46-48-50-52-54-56-58-60-64(68)65-62(61-66)63(67)59-57-55-53-51-49-47-45-43-41-22-20-18-16-14-12-10-8-6-4-2/h5,7,11,13,17,19,23-24,26-27,29-30,32-33,35-36,38-39,42,44,48,50,62-63,66-67H,3-4,6,8-10,12,14-16,18,20-22,25,28,31,34,37,40-41,43,45-47,49,51-61H2,1-2H3,(H,65,68)/b7-5-,13-11-,19-17-,24-23-,27-26-,30-29-,33-32-,36-35-,39-38-,44-42-,50-48-. The molecule has 0 aromatic rings. The molecular weight excluding hydrogens is 831 g/mol. The lowest BCUT2D eigenvalue weighted by atomic mass is 10.0. The maximum Gasteiger partial charge on any atom is 0.220 e. The summed E-state index contributed by atoms with van der Waals surface area (Å²) in [4.78, 5) is 12.5. The van der Waals surface area contributed by atoms with Crippen LogP contribution in [0.3, 0.4) is 0 Å². The number of rotatable bonds is 50. The first-order chi connectivity index (χ1) is 33.7. The molecule has 386 valence electrons. The Labute approximate surface area is 421 Å². The van der Waals surface area contributed by atoms with E-state index >= 15 is 0 Å². The zero-order chi connectivity index (χ0) is 49.2. The Bertz CT molecular complexity index is 1390. The van der Waals surface area contributed by atoms with E-state index in [1.807, 2.05) is 0 Å². The van der Waals surface area contributed by atoms with Crippen molar-refractivity contribution in [3.8, 4) is 0 Å². The number of unbranched alkanes of at least 4 members (excludes halogenated alkanes) is 21. The van der Waals surface area contributed by atoms with E-state index in [2.05, 4.69) is 153 Å². The highest BCUT2D eigenvalue weighted by Gasteiger charge is 2.20. The van der Waals surface area contributed by atoms with E-state index in [1.54, 1.807) is 0 Å². The first-order valence-corrected chi connectivity index (χ1v) is 28.4. The summed E-state index contributed by atoms with van der Waals surface area (Å²) in [5.74, 6) is -0.0671. The van der Waals surface area contributed by atoms with Crippen molar-refractivity contribution in [2.24, 2.45) is 0 Å². The summed E-state index contributed by atoms with van der Waals surface area (Å²) in [6.45, 7) is 4.23. The van der Waals surface area contributed by atoms with Gasteiger partial charge < -0.3 is 15.5 Å². The Morgan fingerprint density at radius 1 is 0.368 bits per heavy atom. The summed E-state index contributed by atoms with van der Waals surface area (Å²) >= 11 is 0. The highest BCUT2D eigenvalue weighted by atomic mass is 16.3. The third-order valence-corrected chi connectivity index (χ3v) is 12.2. The number of carbonyl (C=O) groups is 1. The largest absolute Gasteiger partial charge is 0.394 e. The number of allylic oxidation sites excluding steroid dienone is 22. The molecule has 0 fully saturated rings. The smallest absolute Gasteiger partial charge is 0.220 e. The summed E-state index contributed by atoms with van der Waals surface area (Å²) in [7, 11) is 0. The molecule has 4 nitrogen and oxygen atoms in total. The van der Waals surface area contributed by atoms with Crippen LogP contribution < -0.4 is 5.32 Å². The number of amides is 1. The molecule has 0 bridgehead atoms. The Hall–Kier alpha value is -3.47. The van der Waals surface area contributed by atoms with E-state index in [-0.39, 0.29) is 12.5 Å². The summed E-state index contributed by atoms with van der Waals surface area (Å²) in [5.41, 5.74) is 0. The first kappa shape index (κ1) is 64.5. The maximum atomic E-state index is 12.5. The number of carbonyl (C=O) groups excluding carboxylic acids is 1. The molecule has 0 radical (unpaired) electrons. The normalized spacial score (nSPS) is 13.9. The maximum absolute atomic E-state index is 12.5. The topological polar surface area (TPSA) is 69.6 Å². The minimum atomic E-state index is -0.684. The molecule has 1 amide bonds. The van der Waals surface area contributed by atoms with Crippen LogP contribution in [0.1, 0.15) is 245 Å². The third-order valence-electron chi connectivity index (χ3n) is 12.2. The van der Waals surface area contributed by atoms with E-state index in [0.29, 0.717) is 12.8 Å². The highest BCUT2D eigenvalue weighted by molar-refractivity contribution is 5.76. The Morgan fingerprint density at radius 2 is 0.647 bits per heavy atom. The number of aliphatic hydroxyl groups is 2. The number of aliphatic hydroxyl groups excluding tert-OH is 2. The summed E-state index contributed by atoms with van der Waals surface area (Å²) in [6, 6.07) is -0.565. The lowest BCUT2D eigenvalue weighted by molar-refractivity contribution is -0.123. The van der Waals surface area contributed by atoms with Gasteiger partial charge in [-0.15, -0.1) is 0 Å². The van der Waals surface area contributed by atoms with Gasteiger partial charge in [0.25, 0.3) is 0 Å². The van der Waals surface area contributed by atoms with Crippen molar-refractivity contribution in [2.45, 2.75) is 257 Å². The molecule has 4 heteroatoms. The molecule has 2 unspecified atom stereocenters. The molecule has 2 atom stereocenters. The second-order valence-corrected chi connectivity index (χ2v) is 18.6. The average Bonchev–Trinajstić information content (AvgIpc) is 3.34. The van der Waals surface area contributed by atoms with Crippen LogP contribution in [-0.4, -0.2) is 34.9 Å². The fourth-order valence-electron chi connectivity index (χ4n) is 7.89. The fourth-order valence-corrected chi connectivity index (χ4v) is 7.89. The van der Waals surface area contributed by atoms with Crippen LogP contribution in [-0.2, 0) is 4.79 Å². The molecule has 0 aliphatic rings. The van der Waals surface area contributed by atoms with Gasteiger partial charge >= 0.3 is 0 Å². The minimum Gasteiger partial charge on any atom is -0.394 e. The van der Waals surface area contributed by atoms with Crippen LogP contribution in [0.4, 0.5) is 0 Å². The van der Waals surface area contributed by atoms with E-state index in [1.165, 1.54) is 109 Å². The molecule has 0 saturated carbocycles. The van der Waals surface area contributed by atoms with Crippen LogP contribution >= 0.6 is 0 Å².